The molecular formula is C14H20ClN3O2. The molecule has 2 rings (SSSR count). The third-order valence-corrected chi connectivity index (χ3v) is 4.07. The summed E-state index contributed by atoms with van der Waals surface area (Å²) >= 11 is 6.00. The minimum absolute atomic E-state index is 0.0282. The fraction of sp³-hybridized carbons (Fsp3) is 0.643. The molecule has 1 aliphatic rings. The number of hydrogen-bond donors (Lipinski definition) is 1. The Kier molecular flexibility index (Phi) is 4.60. The topological polar surface area (TPSA) is 66.3 Å². The van der Waals surface area contributed by atoms with E-state index in [-0.39, 0.29) is 23.2 Å². The number of nitrogens with zero attached hydrogens (tertiary/aromatic N) is 3. The second-order valence-electron chi connectivity index (χ2n) is 5.76. The molecule has 20 heavy (non-hydrogen) atoms. The van der Waals surface area contributed by atoms with Gasteiger partial charge in [-0.3, -0.25) is 4.79 Å². The maximum Gasteiger partial charge on any atom is 0.274 e. The predicted molar refractivity (Wildman–Crippen MR) is 76.6 cm³/mol. The standard InChI is InChI=1S/C14H20ClN3O2/c1-10(2)6-14(8-19)4-3-5-18(14)13(20)12-11(15)7-16-9-17-12/h7,9-10,19H,3-6,8H2,1-2H3/t14-/m1/s1. The summed E-state index contributed by atoms with van der Waals surface area (Å²) in [6, 6.07) is 0. The molecule has 0 aromatic carbocycles. The number of halogens is 1. The second kappa shape index (κ2) is 6.06. The number of carbonyl (C=O) groups excluding carboxylic acids is 1. The van der Waals surface area contributed by atoms with Crippen molar-refractivity contribution in [2.24, 2.45) is 5.92 Å². The first-order valence-corrected chi connectivity index (χ1v) is 7.26. The smallest absolute Gasteiger partial charge is 0.274 e. The van der Waals surface area contributed by atoms with Crippen LogP contribution in [0.25, 0.3) is 0 Å². The van der Waals surface area contributed by atoms with Crippen molar-refractivity contribution in [2.45, 2.75) is 38.6 Å². The van der Waals surface area contributed by atoms with Gasteiger partial charge in [0.05, 0.1) is 17.2 Å². The highest BCUT2D eigenvalue weighted by molar-refractivity contribution is 6.33. The second-order valence-corrected chi connectivity index (χ2v) is 6.17. The molecule has 2 heterocycles. The van der Waals surface area contributed by atoms with Crippen LogP contribution in [0.1, 0.15) is 43.6 Å². The van der Waals surface area contributed by atoms with E-state index in [0.29, 0.717) is 12.5 Å². The minimum Gasteiger partial charge on any atom is -0.394 e. The fourth-order valence-corrected chi connectivity index (χ4v) is 3.24. The highest BCUT2D eigenvalue weighted by atomic mass is 35.5. The van der Waals surface area contributed by atoms with Crippen LogP contribution in [0.2, 0.25) is 5.02 Å². The Hall–Kier alpha value is -1.20. The lowest BCUT2D eigenvalue weighted by Crippen LogP contribution is -2.51. The summed E-state index contributed by atoms with van der Waals surface area (Å²) in [5.41, 5.74) is -0.273. The van der Waals surface area contributed by atoms with Crippen LogP contribution in [-0.2, 0) is 0 Å². The summed E-state index contributed by atoms with van der Waals surface area (Å²) in [6.07, 6.45) is 5.22. The van der Waals surface area contributed by atoms with Gasteiger partial charge in [0.1, 0.15) is 12.0 Å². The molecule has 0 aliphatic carbocycles. The van der Waals surface area contributed by atoms with Crippen molar-refractivity contribution in [1.82, 2.24) is 14.9 Å². The van der Waals surface area contributed by atoms with Crippen LogP contribution in [0, 0.1) is 5.92 Å². The molecule has 1 atom stereocenters. The summed E-state index contributed by atoms with van der Waals surface area (Å²) in [5.74, 6) is 0.182. The first-order chi connectivity index (χ1) is 9.50. The molecule has 1 aromatic rings. The predicted octanol–water partition coefficient (Wildman–Crippen LogP) is 2.14. The lowest BCUT2D eigenvalue weighted by molar-refractivity contribution is 0.0327. The van der Waals surface area contributed by atoms with Gasteiger partial charge in [-0.2, -0.15) is 0 Å². The molecule has 0 radical (unpaired) electrons. The van der Waals surface area contributed by atoms with Crippen LogP contribution in [0.5, 0.6) is 0 Å². The van der Waals surface area contributed by atoms with Gasteiger partial charge in [0.2, 0.25) is 0 Å². The molecular weight excluding hydrogens is 278 g/mol. The first kappa shape index (κ1) is 15.2. The van der Waals surface area contributed by atoms with Crippen molar-refractivity contribution >= 4 is 17.5 Å². The molecule has 1 saturated heterocycles. The van der Waals surface area contributed by atoms with Crippen LogP contribution in [0.4, 0.5) is 0 Å². The largest absolute Gasteiger partial charge is 0.394 e. The Morgan fingerprint density at radius 1 is 1.60 bits per heavy atom. The van der Waals surface area contributed by atoms with Gasteiger partial charge in [-0.05, 0) is 25.2 Å². The van der Waals surface area contributed by atoms with Crippen LogP contribution in [0.15, 0.2) is 12.5 Å². The zero-order chi connectivity index (χ0) is 14.8. The Labute approximate surface area is 124 Å². The Morgan fingerprint density at radius 2 is 2.35 bits per heavy atom. The Balaban J connectivity index is 2.30. The quantitative estimate of drug-likeness (QED) is 0.924. The molecule has 1 aromatic heterocycles. The SMILES string of the molecule is CC(C)C[C@@]1(CO)CCCN1C(=O)c1ncncc1Cl. The van der Waals surface area contributed by atoms with Crippen molar-refractivity contribution in [3.05, 3.63) is 23.2 Å². The molecule has 5 nitrogen and oxygen atoms in total. The van der Waals surface area contributed by atoms with Gasteiger partial charge in [0, 0.05) is 12.7 Å². The van der Waals surface area contributed by atoms with Crippen molar-refractivity contribution < 1.29 is 9.90 Å². The van der Waals surface area contributed by atoms with Gasteiger partial charge in [-0.1, -0.05) is 25.4 Å². The van der Waals surface area contributed by atoms with E-state index in [2.05, 4.69) is 23.8 Å². The van der Waals surface area contributed by atoms with Crippen LogP contribution in [0.3, 0.4) is 0 Å². The number of likely N-dealkylation sites (tertiary alicyclic amines) is 1. The molecule has 110 valence electrons. The van der Waals surface area contributed by atoms with Gasteiger partial charge in [0.15, 0.2) is 0 Å². The number of aliphatic hydroxyl groups is 1. The van der Waals surface area contributed by atoms with Gasteiger partial charge >= 0.3 is 0 Å². The molecule has 1 amide bonds. The summed E-state index contributed by atoms with van der Waals surface area (Å²) in [6.45, 7) is 4.79. The first-order valence-electron chi connectivity index (χ1n) is 6.88. The molecule has 0 bridgehead atoms. The normalized spacial score (nSPS) is 22.6. The van der Waals surface area contributed by atoms with Gasteiger partial charge in [-0.15, -0.1) is 0 Å². The third-order valence-electron chi connectivity index (χ3n) is 3.79. The number of carbonyl (C=O) groups is 1. The lowest BCUT2D eigenvalue weighted by atomic mass is 9.87. The minimum atomic E-state index is -0.487. The zero-order valence-corrected chi connectivity index (χ0v) is 12.6. The number of aromatic nitrogens is 2. The molecule has 0 saturated carbocycles. The molecule has 6 heteroatoms. The maximum atomic E-state index is 12.7. The number of hydrogen-bond acceptors (Lipinski definition) is 4. The summed E-state index contributed by atoms with van der Waals surface area (Å²) < 4.78 is 0. The lowest BCUT2D eigenvalue weighted by Gasteiger charge is -2.38. The van der Waals surface area contributed by atoms with E-state index in [1.54, 1.807) is 4.90 Å². The molecule has 1 aliphatic heterocycles. The van der Waals surface area contributed by atoms with Gasteiger partial charge in [-0.25, -0.2) is 9.97 Å². The van der Waals surface area contributed by atoms with E-state index in [1.807, 2.05) is 0 Å². The van der Waals surface area contributed by atoms with E-state index < -0.39 is 5.54 Å². The van der Waals surface area contributed by atoms with Crippen molar-refractivity contribution in [3.8, 4) is 0 Å². The van der Waals surface area contributed by atoms with Gasteiger partial charge in [0.25, 0.3) is 5.91 Å². The number of rotatable bonds is 4. The van der Waals surface area contributed by atoms with E-state index >= 15 is 0 Å². The third kappa shape index (κ3) is 2.79. The monoisotopic (exact) mass is 297 g/mol. The molecule has 0 unspecified atom stereocenters. The number of aliphatic hydroxyl groups excluding tert-OH is 1. The Bertz CT molecular complexity index is 495. The average molecular weight is 298 g/mol. The van der Waals surface area contributed by atoms with E-state index in [0.717, 1.165) is 19.3 Å². The summed E-state index contributed by atoms with van der Waals surface area (Å²) in [5, 5.41) is 10.1. The average Bonchev–Trinajstić information content (AvgIpc) is 2.82. The van der Waals surface area contributed by atoms with Crippen molar-refractivity contribution in [1.29, 1.82) is 0 Å². The summed E-state index contributed by atoms with van der Waals surface area (Å²) in [4.78, 5) is 22.2. The number of amides is 1. The highest BCUT2D eigenvalue weighted by Gasteiger charge is 2.44. The molecule has 0 spiro atoms. The zero-order valence-electron chi connectivity index (χ0n) is 11.8. The van der Waals surface area contributed by atoms with Gasteiger partial charge < -0.3 is 10.0 Å². The van der Waals surface area contributed by atoms with E-state index in [9.17, 15) is 9.90 Å². The maximum absolute atomic E-state index is 12.7. The van der Waals surface area contributed by atoms with E-state index in [4.69, 9.17) is 11.6 Å². The molecule has 1 fully saturated rings. The van der Waals surface area contributed by atoms with E-state index in [1.165, 1.54) is 12.5 Å². The van der Waals surface area contributed by atoms with Crippen LogP contribution < -0.4 is 0 Å². The molecule has 1 N–H and O–H groups in total. The Morgan fingerprint density at radius 3 is 2.95 bits per heavy atom. The van der Waals surface area contributed by atoms with Crippen molar-refractivity contribution in [2.75, 3.05) is 13.2 Å². The summed E-state index contributed by atoms with van der Waals surface area (Å²) in [7, 11) is 0. The van der Waals surface area contributed by atoms with Crippen LogP contribution in [-0.4, -0.2) is 44.6 Å². The van der Waals surface area contributed by atoms with Crippen LogP contribution >= 0.6 is 11.6 Å². The van der Waals surface area contributed by atoms with Crippen molar-refractivity contribution in [3.63, 3.8) is 0 Å². The highest BCUT2D eigenvalue weighted by Crippen LogP contribution is 2.36. The fourth-order valence-electron chi connectivity index (χ4n) is 3.05.